The molecule has 4 aromatic rings. The Morgan fingerprint density at radius 2 is 1.69 bits per heavy atom. The summed E-state index contributed by atoms with van der Waals surface area (Å²) >= 11 is 0. The maximum atomic E-state index is 10.8. The molecule has 7 heteroatoms. The van der Waals surface area contributed by atoms with Crippen LogP contribution in [0.5, 0.6) is 11.5 Å². The van der Waals surface area contributed by atoms with E-state index in [1.165, 1.54) is 0 Å². The van der Waals surface area contributed by atoms with E-state index in [1.54, 1.807) is 36.7 Å². The first-order chi connectivity index (χ1) is 15.6. The molecule has 0 saturated heterocycles. The zero-order chi connectivity index (χ0) is 22.3. The molecule has 0 saturated carbocycles. The molecular weight excluding hydrogens is 408 g/mol. The summed E-state index contributed by atoms with van der Waals surface area (Å²) < 4.78 is 17.4. The van der Waals surface area contributed by atoms with Crippen LogP contribution in [0.3, 0.4) is 0 Å². The van der Waals surface area contributed by atoms with E-state index < -0.39 is 5.97 Å². The number of carboxylic acid groups (broad SMARTS) is 1. The average Bonchev–Trinajstić information content (AvgIpc) is 3.18. The average molecular weight is 430 g/mol. The van der Waals surface area contributed by atoms with Crippen LogP contribution in [0.4, 0.5) is 0 Å². The van der Waals surface area contributed by atoms with E-state index in [-0.39, 0.29) is 13.0 Å². The van der Waals surface area contributed by atoms with Crippen LogP contribution < -0.4 is 9.47 Å². The highest BCUT2D eigenvalue weighted by atomic mass is 16.5. The minimum Gasteiger partial charge on any atom is -0.489 e. The maximum absolute atomic E-state index is 10.8. The fourth-order valence-electron chi connectivity index (χ4n) is 3.08. The summed E-state index contributed by atoms with van der Waals surface area (Å²) in [5.41, 5.74) is 3.21. The minimum atomic E-state index is -0.862. The number of aromatic nitrogens is 2. The van der Waals surface area contributed by atoms with Crippen molar-refractivity contribution in [3.8, 4) is 23.0 Å². The summed E-state index contributed by atoms with van der Waals surface area (Å²) in [5, 5.41) is 8.84. The Balaban J connectivity index is 1.34. The molecule has 0 radical (unpaired) electrons. The Bertz CT molecular complexity index is 1190. The summed E-state index contributed by atoms with van der Waals surface area (Å²) in [7, 11) is 0. The van der Waals surface area contributed by atoms with E-state index in [4.69, 9.17) is 19.0 Å². The number of aryl methyl sites for hydroxylation is 1. The largest absolute Gasteiger partial charge is 0.489 e. The quantitative estimate of drug-likeness (QED) is 0.406. The zero-order valence-corrected chi connectivity index (χ0v) is 17.5. The van der Waals surface area contributed by atoms with E-state index in [2.05, 4.69) is 9.97 Å². The summed E-state index contributed by atoms with van der Waals surface area (Å²) in [6, 6.07) is 18.6. The van der Waals surface area contributed by atoms with Gasteiger partial charge < -0.3 is 19.0 Å². The van der Waals surface area contributed by atoms with Crippen molar-refractivity contribution in [3.63, 3.8) is 0 Å². The molecule has 0 bridgehead atoms. The number of nitrogens with zero attached hydrogens (tertiary/aromatic N) is 2. The lowest BCUT2D eigenvalue weighted by Gasteiger charge is -2.09. The second-order valence-corrected chi connectivity index (χ2v) is 7.21. The lowest BCUT2D eigenvalue weighted by molar-refractivity contribution is -0.136. The van der Waals surface area contributed by atoms with Gasteiger partial charge in [-0.3, -0.25) is 9.78 Å². The molecule has 0 atom stereocenters. The number of carbonyl (C=O) groups is 1. The standard InChI is InChI=1S/C25H22N2O5/c1-17-23(27-25(32-17)20-5-3-2-4-6-20)16-31-22-11-19(13-26-14-22)15-30-21-9-7-18(8-10-21)12-24(28)29/h2-11,13-14H,12,15-16H2,1H3,(H,28,29). The maximum Gasteiger partial charge on any atom is 0.307 e. The molecule has 2 aromatic carbocycles. The van der Waals surface area contributed by atoms with Crippen molar-refractivity contribution in [1.82, 2.24) is 9.97 Å². The Labute approximate surface area is 185 Å². The second-order valence-electron chi connectivity index (χ2n) is 7.21. The third kappa shape index (κ3) is 5.51. The van der Waals surface area contributed by atoms with Crippen molar-refractivity contribution in [2.75, 3.05) is 0 Å². The summed E-state index contributed by atoms with van der Waals surface area (Å²) in [4.78, 5) is 19.5. The zero-order valence-electron chi connectivity index (χ0n) is 17.5. The summed E-state index contributed by atoms with van der Waals surface area (Å²) in [6.07, 6.45) is 3.33. The van der Waals surface area contributed by atoms with Crippen LogP contribution in [0.25, 0.3) is 11.5 Å². The van der Waals surface area contributed by atoms with Crippen LogP contribution in [-0.2, 0) is 24.4 Å². The monoisotopic (exact) mass is 430 g/mol. The first kappa shape index (κ1) is 21.1. The Morgan fingerprint density at radius 3 is 2.44 bits per heavy atom. The van der Waals surface area contributed by atoms with E-state index in [1.807, 2.05) is 43.3 Å². The van der Waals surface area contributed by atoms with Crippen LogP contribution in [0.2, 0.25) is 0 Å². The number of hydrogen-bond acceptors (Lipinski definition) is 6. The molecule has 0 amide bonds. The van der Waals surface area contributed by atoms with Gasteiger partial charge in [0.05, 0.1) is 12.6 Å². The molecule has 7 nitrogen and oxygen atoms in total. The van der Waals surface area contributed by atoms with Gasteiger partial charge in [-0.25, -0.2) is 4.98 Å². The highest BCUT2D eigenvalue weighted by Gasteiger charge is 2.12. The normalized spacial score (nSPS) is 10.7. The number of rotatable bonds is 9. The van der Waals surface area contributed by atoms with Crippen molar-refractivity contribution in [2.24, 2.45) is 0 Å². The molecule has 1 N–H and O–H groups in total. The first-order valence-corrected chi connectivity index (χ1v) is 10.1. The van der Waals surface area contributed by atoms with Crippen molar-refractivity contribution >= 4 is 5.97 Å². The van der Waals surface area contributed by atoms with E-state index in [0.29, 0.717) is 29.8 Å². The highest BCUT2D eigenvalue weighted by molar-refractivity contribution is 5.70. The van der Waals surface area contributed by atoms with Gasteiger partial charge in [0.15, 0.2) is 0 Å². The smallest absolute Gasteiger partial charge is 0.307 e. The van der Waals surface area contributed by atoms with Crippen LogP contribution in [-0.4, -0.2) is 21.0 Å². The third-order valence-corrected chi connectivity index (χ3v) is 4.74. The van der Waals surface area contributed by atoms with Gasteiger partial charge >= 0.3 is 5.97 Å². The van der Waals surface area contributed by atoms with Crippen molar-refractivity contribution in [3.05, 3.63) is 95.6 Å². The number of pyridine rings is 1. The second kappa shape index (κ2) is 9.78. The topological polar surface area (TPSA) is 94.7 Å². The number of ether oxygens (including phenoxy) is 2. The first-order valence-electron chi connectivity index (χ1n) is 10.1. The lowest BCUT2D eigenvalue weighted by atomic mass is 10.1. The molecule has 2 heterocycles. The molecule has 0 aliphatic heterocycles. The predicted molar refractivity (Wildman–Crippen MR) is 117 cm³/mol. The van der Waals surface area contributed by atoms with Crippen LogP contribution in [0, 0.1) is 6.92 Å². The summed E-state index contributed by atoms with van der Waals surface area (Å²) in [5.74, 6) is 1.67. The number of aliphatic carboxylic acids is 1. The fraction of sp³-hybridized carbons (Fsp3) is 0.160. The molecule has 2 aromatic heterocycles. The minimum absolute atomic E-state index is 0.0125. The molecule has 0 aliphatic carbocycles. The van der Waals surface area contributed by atoms with Gasteiger partial charge in [-0.15, -0.1) is 0 Å². The molecule has 0 aliphatic rings. The molecule has 0 unspecified atom stereocenters. The van der Waals surface area contributed by atoms with Gasteiger partial charge in [0, 0.05) is 17.3 Å². The molecule has 32 heavy (non-hydrogen) atoms. The van der Waals surface area contributed by atoms with E-state index >= 15 is 0 Å². The molecule has 0 fully saturated rings. The predicted octanol–water partition coefficient (Wildman–Crippen LogP) is 4.83. The number of carboxylic acids is 1. The molecular formula is C25H22N2O5. The van der Waals surface area contributed by atoms with Crippen LogP contribution in [0.1, 0.15) is 22.6 Å². The Kier molecular flexibility index (Phi) is 6.46. The van der Waals surface area contributed by atoms with Crippen LogP contribution in [0.15, 0.2) is 77.5 Å². The van der Waals surface area contributed by atoms with Gasteiger partial charge in [-0.1, -0.05) is 30.3 Å². The Hall–Kier alpha value is -4.13. The van der Waals surface area contributed by atoms with Crippen molar-refractivity contribution in [2.45, 2.75) is 26.6 Å². The van der Waals surface area contributed by atoms with Crippen molar-refractivity contribution in [1.29, 1.82) is 0 Å². The summed E-state index contributed by atoms with van der Waals surface area (Å²) in [6.45, 7) is 2.44. The molecule has 4 rings (SSSR count). The SMILES string of the molecule is Cc1oc(-c2ccccc2)nc1COc1cncc(COc2ccc(CC(=O)O)cc2)c1. The third-order valence-electron chi connectivity index (χ3n) is 4.74. The molecule has 162 valence electrons. The fourth-order valence-corrected chi connectivity index (χ4v) is 3.08. The van der Waals surface area contributed by atoms with Gasteiger partial charge in [-0.2, -0.15) is 0 Å². The number of hydrogen-bond donors (Lipinski definition) is 1. The van der Waals surface area contributed by atoms with Gasteiger partial charge in [-0.05, 0) is 42.8 Å². The Morgan fingerprint density at radius 1 is 0.938 bits per heavy atom. The highest BCUT2D eigenvalue weighted by Crippen LogP contribution is 2.23. The van der Waals surface area contributed by atoms with Crippen molar-refractivity contribution < 1.29 is 23.8 Å². The number of benzene rings is 2. The van der Waals surface area contributed by atoms with Gasteiger partial charge in [0.25, 0.3) is 0 Å². The van der Waals surface area contributed by atoms with Gasteiger partial charge in [0.2, 0.25) is 5.89 Å². The van der Waals surface area contributed by atoms with E-state index in [9.17, 15) is 4.79 Å². The van der Waals surface area contributed by atoms with E-state index in [0.717, 1.165) is 22.4 Å². The van der Waals surface area contributed by atoms with Gasteiger partial charge in [0.1, 0.15) is 36.2 Å². The molecule has 0 spiro atoms. The number of oxazole rings is 1. The van der Waals surface area contributed by atoms with Crippen LogP contribution >= 0.6 is 0 Å². The lowest BCUT2D eigenvalue weighted by Crippen LogP contribution is -2.01.